The van der Waals surface area contributed by atoms with E-state index in [-0.39, 0.29) is 25.0 Å². The summed E-state index contributed by atoms with van der Waals surface area (Å²) in [4.78, 5) is 24.1. The molecule has 0 N–H and O–H groups in total. The fourth-order valence-corrected chi connectivity index (χ4v) is 5.84. The molecule has 3 rings (SSSR count). The zero-order valence-corrected chi connectivity index (χ0v) is 24.6. The second-order valence-electron chi connectivity index (χ2n) is 11.8. The molecule has 2 fully saturated rings. The van der Waals surface area contributed by atoms with Crippen molar-refractivity contribution in [2.24, 2.45) is 5.92 Å². The molecule has 40 heavy (non-hydrogen) atoms. The van der Waals surface area contributed by atoms with Crippen LogP contribution >= 0.6 is 0 Å². The van der Waals surface area contributed by atoms with Gasteiger partial charge < -0.3 is 14.2 Å². The third-order valence-electron chi connectivity index (χ3n) is 8.50. The highest BCUT2D eigenvalue weighted by atomic mass is 19.1. The van der Waals surface area contributed by atoms with E-state index in [0.29, 0.717) is 18.4 Å². The lowest BCUT2D eigenvalue weighted by Gasteiger charge is -2.29. The van der Waals surface area contributed by atoms with Gasteiger partial charge in [0.1, 0.15) is 18.0 Å². The molecule has 2 saturated carbocycles. The Balaban J connectivity index is 1.31. The summed E-state index contributed by atoms with van der Waals surface area (Å²) in [6, 6.07) is 8.25. The van der Waals surface area contributed by atoms with Gasteiger partial charge in [0.25, 0.3) is 0 Å². The van der Waals surface area contributed by atoms with Crippen molar-refractivity contribution in [1.82, 2.24) is 0 Å². The highest BCUT2D eigenvalue weighted by molar-refractivity contribution is 5.75. The molecule has 2 atom stereocenters. The minimum absolute atomic E-state index is 0.182. The monoisotopic (exact) mass is 564 g/mol. The molecule has 0 spiro atoms. The molecular formula is C33H50F2O5. The minimum atomic E-state index is -1.50. The fourth-order valence-electron chi connectivity index (χ4n) is 5.84. The van der Waals surface area contributed by atoms with Crippen molar-refractivity contribution in [3.63, 3.8) is 0 Å². The zero-order chi connectivity index (χ0) is 28.7. The second-order valence-corrected chi connectivity index (χ2v) is 11.8. The molecule has 5 nitrogen and oxygen atoms in total. The van der Waals surface area contributed by atoms with Gasteiger partial charge in [-0.05, 0) is 107 Å². The standard InChI is InChI=1S/C33H50F2O5/c1-3-5-7-9-30(34)32(36)39-28-17-11-24(12-18-28)23-38-27-19-13-25(14-20-27)26-15-21-29(22-16-26)40-33(37)31(35)10-8-6-4-2/h13-14,19-20,24,26,28-31H,3-12,15-18,21-23H2,1-2H3/t24-,26-,28-,29-,30-,31-/m1/s1. The topological polar surface area (TPSA) is 61.8 Å². The summed E-state index contributed by atoms with van der Waals surface area (Å²) in [6.45, 7) is 4.73. The van der Waals surface area contributed by atoms with Crippen molar-refractivity contribution in [3.05, 3.63) is 29.8 Å². The van der Waals surface area contributed by atoms with Crippen LogP contribution in [-0.2, 0) is 19.1 Å². The molecule has 1 aromatic carbocycles. The molecule has 7 heteroatoms. The Hall–Kier alpha value is -2.18. The molecule has 0 aliphatic heterocycles. The van der Waals surface area contributed by atoms with E-state index in [9.17, 15) is 18.4 Å². The number of carbonyl (C=O) groups excluding carboxylic acids is 2. The summed E-state index contributed by atoms with van der Waals surface area (Å²) in [5, 5.41) is 0. The summed E-state index contributed by atoms with van der Waals surface area (Å²) in [5.74, 6) is 0.250. The SMILES string of the molecule is CCCCC[C@@H](F)C(=O)O[C@H]1CC[C@H](COc2ccc([C@H]3CC[C@H](OC(=O)[C@H](F)CCCCC)CC3)cc2)CC1. The maximum atomic E-state index is 14.1. The van der Waals surface area contributed by atoms with Crippen molar-refractivity contribution in [1.29, 1.82) is 0 Å². The maximum Gasteiger partial charge on any atom is 0.340 e. The fraction of sp³-hybridized carbons (Fsp3) is 0.758. The van der Waals surface area contributed by atoms with Gasteiger partial charge in [0.2, 0.25) is 0 Å². The average molecular weight is 565 g/mol. The summed E-state index contributed by atoms with van der Waals surface area (Å²) < 4.78 is 45.0. The lowest BCUT2D eigenvalue weighted by molar-refractivity contribution is -0.158. The van der Waals surface area contributed by atoms with E-state index in [1.54, 1.807) is 0 Å². The molecular weight excluding hydrogens is 514 g/mol. The number of benzene rings is 1. The first-order valence-corrected chi connectivity index (χ1v) is 15.8. The molecule has 0 radical (unpaired) electrons. The Labute approximate surface area is 239 Å². The molecule has 1 aromatic rings. The highest BCUT2D eigenvalue weighted by Crippen LogP contribution is 2.35. The van der Waals surface area contributed by atoms with Crippen LogP contribution in [0.4, 0.5) is 8.78 Å². The van der Waals surface area contributed by atoms with E-state index in [1.807, 2.05) is 12.1 Å². The molecule has 0 amide bonds. The van der Waals surface area contributed by atoms with Gasteiger partial charge in [-0.15, -0.1) is 0 Å². The van der Waals surface area contributed by atoms with Crippen LogP contribution in [0.2, 0.25) is 0 Å². The van der Waals surface area contributed by atoms with E-state index in [0.717, 1.165) is 95.6 Å². The quantitative estimate of drug-likeness (QED) is 0.149. The van der Waals surface area contributed by atoms with E-state index >= 15 is 0 Å². The zero-order valence-electron chi connectivity index (χ0n) is 24.6. The van der Waals surface area contributed by atoms with Crippen LogP contribution in [0, 0.1) is 5.92 Å². The van der Waals surface area contributed by atoms with Gasteiger partial charge in [-0.3, -0.25) is 0 Å². The molecule has 0 saturated heterocycles. The molecule has 0 aromatic heterocycles. The van der Waals surface area contributed by atoms with Gasteiger partial charge in [0.15, 0.2) is 12.3 Å². The van der Waals surface area contributed by atoms with Gasteiger partial charge >= 0.3 is 11.9 Å². The molecule has 2 aliphatic carbocycles. The maximum absolute atomic E-state index is 14.1. The van der Waals surface area contributed by atoms with Gasteiger partial charge in [0, 0.05) is 0 Å². The third-order valence-corrected chi connectivity index (χ3v) is 8.50. The smallest absolute Gasteiger partial charge is 0.340 e. The van der Waals surface area contributed by atoms with E-state index < -0.39 is 24.3 Å². The summed E-state index contributed by atoms with van der Waals surface area (Å²) in [7, 11) is 0. The van der Waals surface area contributed by atoms with Gasteiger partial charge in [0.05, 0.1) is 6.61 Å². The first-order chi connectivity index (χ1) is 19.4. The van der Waals surface area contributed by atoms with Crippen LogP contribution in [0.1, 0.15) is 128 Å². The first-order valence-electron chi connectivity index (χ1n) is 15.8. The van der Waals surface area contributed by atoms with Crippen molar-refractivity contribution < 1.29 is 32.6 Å². The Morgan fingerprint density at radius 2 is 1.20 bits per heavy atom. The van der Waals surface area contributed by atoms with E-state index in [4.69, 9.17) is 14.2 Å². The number of hydrogen-bond acceptors (Lipinski definition) is 5. The van der Waals surface area contributed by atoms with Gasteiger partial charge in [-0.1, -0.05) is 51.7 Å². The number of hydrogen-bond donors (Lipinski definition) is 0. The number of carbonyl (C=O) groups is 2. The lowest BCUT2D eigenvalue weighted by atomic mass is 9.82. The Morgan fingerprint density at radius 1 is 0.725 bits per heavy atom. The number of alkyl halides is 2. The predicted octanol–water partition coefficient (Wildman–Crippen LogP) is 8.57. The largest absolute Gasteiger partial charge is 0.493 e. The van der Waals surface area contributed by atoms with Crippen molar-refractivity contribution in [2.45, 2.75) is 147 Å². The molecule has 0 bridgehead atoms. The highest BCUT2D eigenvalue weighted by Gasteiger charge is 2.29. The van der Waals surface area contributed by atoms with Crippen LogP contribution in [0.25, 0.3) is 0 Å². The van der Waals surface area contributed by atoms with Crippen molar-refractivity contribution in [2.75, 3.05) is 6.61 Å². The van der Waals surface area contributed by atoms with Gasteiger partial charge in [-0.2, -0.15) is 0 Å². The number of ether oxygens (including phenoxy) is 3. The Bertz CT molecular complexity index is 860. The van der Waals surface area contributed by atoms with Crippen LogP contribution in [0.3, 0.4) is 0 Å². The summed E-state index contributed by atoms with van der Waals surface area (Å²) in [6.07, 6.45) is 9.13. The summed E-state index contributed by atoms with van der Waals surface area (Å²) in [5.41, 5.74) is 1.25. The number of rotatable bonds is 16. The number of halogens is 2. The Kier molecular flexibility index (Phi) is 14.2. The van der Waals surface area contributed by atoms with E-state index in [2.05, 4.69) is 26.0 Å². The van der Waals surface area contributed by atoms with Crippen molar-refractivity contribution in [3.8, 4) is 5.75 Å². The Morgan fingerprint density at radius 3 is 1.68 bits per heavy atom. The summed E-state index contributed by atoms with van der Waals surface area (Å²) >= 11 is 0. The molecule has 0 unspecified atom stereocenters. The van der Waals surface area contributed by atoms with Crippen LogP contribution in [0.15, 0.2) is 24.3 Å². The average Bonchev–Trinajstić information content (AvgIpc) is 2.97. The van der Waals surface area contributed by atoms with Gasteiger partial charge in [-0.25, -0.2) is 18.4 Å². The third kappa shape index (κ3) is 11.0. The van der Waals surface area contributed by atoms with E-state index in [1.165, 1.54) is 5.56 Å². The van der Waals surface area contributed by atoms with Crippen molar-refractivity contribution >= 4 is 11.9 Å². The number of esters is 2. The first kappa shape index (κ1) is 32.3. The number of unbranched alkanes of at least 4 members (excludes halogenated alkanes) is 4. The molecule has 226 valence electrons. The predicted molar refractivity (Wildman–Crippen MR) is 153 cm³/mol. The van der Waals surface area contributed by atoms with Crippen LogP contribution < -0.4 is 4.74 Å². The second kappa shape index (κ2) is 17.6. The van der Waals surface area contributed by atoms with Crippen LogP contribution in [-0.4, -0.2) is 43.1 Å². The molecule has 0 heterocycles. The molecule has 2 aliphatic rings. The minimum Gasteiger partial charge on any atom is -0.493 e. The lowest BCUT2D eigenvalue weighted by Crippen LogP contribution is -2.30. The van der Waals surface area contributed by atoms with Crippen LogP contribution in [0.5, 0.6) is 5.75 Å². The normalized spacial score (nSPS) is 24.6.